The van der Waals surface area contributed by atoms with Gasteiger partial charge in [-0.1, -0.05) is 76.1 Å². The van der Waals surface area contributed by atoms with Gasteiger partial charge in [-0.2, -0.15) is 5.10 Å². The predicted molar refractivity (Wildman–Crippen MR) is 129 cm³/mol. The van der Waals surface area contributed by atoms with Gasteiger partial charge in [-0.25, -0.2) is 5.01 Å². The van der Waals surface area contributed by atoms with Gasteiger partial charge in [0.1, 0.15) is 5.75 Å². The Hall–Kier alpha value is -2.82. The maximum atomic E-state index is 6.44. The average molecular weight is 490 g/mol. The van der Waals surface area contributed by atoms with E-state index < -0.39 is 0 Å². The number of halogens is 2. The lowest BCUT2D eigenvalue weighted by Gasteiger charge is -2.38. The van der Waals surface area contributed by atoms with Crippen LogP contribution in [-0.4, -0.2) is 10.7 Å². The first kappa shape index (κ1) is 18.9. The zero-order valence-electron chi connectivity index (χ0n) is 16.5. The summed E-state index contributed by atoms with van der Waals surface area (Å²) in [7, 11) is 0. The monoisotopic (exact) mass is 488 g/mol. The van der Waals surface area contributed by atoms with Crippen molar-refractivity contribution in [3.63, 3.8) is 0 Å². The lowest BCUT2D eigenvalue weighted by molar-refractivity contribution is -0.0190. The van der Waals surface area contributed by atoms with Gasteiger partial charge in [0.05, 0.1) is 11.8 Å². The predicted octanol–water partition coefficient (Wildman–Crippen LogP) is 7.50. The van der Waals surface area contributed by atoms with E-state index in [0.29, 0.717) is 5.02 Å². The molecule has 0 saturated carbocycles. The van der Waals surface area contributed by atoms with Crippen LogP contribution in [0.1, 0.15) is 35.4 Å². The van der Waals surface area contributed by atoms with Gasteiger partial charge in [0.15, 0.2) is 0 Å². The third kappa shape index (κ3) is 3.31. The van der Waals surface area contributed by atoms with E-state index in [9.17, 15) is 0 Å². The number of rotatable bonds is 2. The Morgan fingerprint density at radius 2 is 1.71 bits per heavy atom. The molecule has 31 heavy (non-hydrogen) atoms. The van der Waals surface area contributed by atoms with Crippen LogP contribution in [0, 0.1) is 0 Å². The van der Waals surface area contributed by atoms with Crippen molar-refractivity contribution in [2.45, 2.75) is 18.7 Å². The van der Waals surface area contributed by atoms with E-state index in [1.165, 1.54) is 10.8 Å². The zero-order chi connectivity index (χ0) is 20.9. The molecule has 4 aromatic carbocycles. The van der Waals surface area contributed by atoms with Gasteiger partial charge < -0.3 is 4.74 Å². The van der Waals surface area contributed by atoms with Crippen LogP contribution in [0.15, 0.2) is 94.5 Å². The molecule has 2 atom stereocenters. The van der Waals surface area contributed by atoms with Gasteiger partial charge in [0.25, 0.3) is 0 Å². The topological polar surface area (TPSA) is 24.8 Å². The minimum absolute atomic E-state index is 0.114. The average Bonchev–Trinajstić information content (AvgIpc) is 3.25. The maximum absolute atomic E-state index is 6.44. The Bertz CT molecular complexity index is 1340. The second kappa shape index (κ2) is 7.40. The summed E-state index contributed by atoms with van der Waals surface area (Å²) in [5.74, 6) is 0.902. The number of hydrogen-bond acceptors (Lipinski definition) is 3. The van der Waals surface area contributed by atoms with E-state index in [2.05, 4.69) is 69.5 Å². The van der Waals surface area contributed by atoms with Gasteiger partial charge in [-0.3, -0.25) is 0 Å². The minimum atomic E-state index is -0.297. The number of nitrogens with zero attached hydrogens (tertiary/aromatic N) is 2. The number of benzene rings is 4. The molecule has 0 spiro atoms. The first-order valence-electron chi connectivity index (χ1n) is 10.2. The van der Waals surface area contributed by atoms with Crippen LogP contribution in [0.5, 0.6) is 5.75 Å². The molecule has 0 radical (unpaired) electrons. The Morgan fingerprint density at radius 3 is 2.55 bits per heavy atom. The molecule has 0 amide bonds. The van der Waals surface area contributed by atoms with Gasteiger partial charge in [-0.05, 0) is 52.7 Å². The molecule has 0 N–H and O–H groups in total. The van der Waals surface area contributed by atoms with Crippen LogP contribution < -0.4 is 4.74 Å². The third-order valence-corrected chi connectivity index (χ3v) is 6.73. The normalized spacial score (nSPS) is 19.5. The number of hydrazone groups is 1. The standard InChI is InChI=1S/C26H18BrClN2O/c27-20-9-12-25-22(14-20)24-15-23(19-6-5-16-3-1-2-4-18(16)13-19)29-30(24)26(31-25)17-7-10-21(28)11-8-17/h1-14,24,26H,15H2/t24-,26-/m0/s1. The first-order valence-corrected chi connectivity index (χ1v) is 11.4. The SMILES string of the molecule is Clc1ccc([C@@H]2Oc3ccc(Br)cc3[C@@H]3CC(c4ccc5ccccc5c4)=NN32)cc1. The molecule has 0 saturated heterocycles. The van der Waals surface area contributed by atoms with Crippen LogP contribution >= 0.6 is 27.5 Å². The van der Waals surface area contributed by atoms with Crippen molar-refractivity contribution in [2.24, 2.45) is 5.10 Å². The number of fused-ring (bicyclic) bond motifs is 4. The van der Waals surface area contributed by atoms with E-state index in [-0.39, 0.29) is 12.3 Å². The first-order chi connectivity index (χ1) is 15.2. The van der Waals surface area contributed by atoms with Crippen molar-refractivity contribution in [1.29, 1.82) is 0 Å². The molecule has 0 fully saturated rings. The third-order valence-electron chi connectivity index (χ3n) is 5.99. The molecule has 152 valence electrons. The van der Waals surface area contributed by atoms with E-state index in [1.807, 2.05) is 36.4 Å². The maximum Gasteiger partial charge on any atom is 0.213 e. The molecule has 2 aliphatic rings. The highest BCUT2D eigenvalue weighted by Gasteiger charge is 2.41. The quantitative estimate of drug-likeness (QED) is 0.291. The Morgan fingerprint density at radius 1 is 0.903 bits per heavy atom. The Labute approximate surface area is 194 Å². The highest BCUT2D eigenvalue weighted by atomic mass is 79.9. The Balaban J connectivity index is 1.45. The molecule has 0 aromatic heterocycles. The molecular weight excluding hydrogens is 472 g/mol. The highest BCUT2D eigenvalue weighted by Crippen LogP contribution is 2.48. The summed E-state index contributed by atoms with van der Waals surface area (Å²) in [4.78, 5) is 0. The fraction of sp³-hybridized carbons (Fsp3) is 0.115. The van der Waals surface area contributed by atoms with Crippen LogP contribution in [0.2, 0.25) is 5.02 Å². The smallest absolute Gasteiger partial charge is 0.213 e. The van der Waals surface area contributed by atoms with Crippen molar-refractivity contribution < 1.29 is 4.74 Å². The summed E-state index contributed by atoms with van der Waals surface area (Å²) in [6.07, 6.45) is 0.531. The molecule has 3 nitrogen and oxygen atoms in total. The van der Waals surface area contributed by atoms with Crippen LogP contribution in [-0.2, 0) is 0 Å². The van der Waals surface area contributed by atoms with Crippen LogP contribution in [0.25, 0.3) is 10.8 Å². The molecule has 0 aliphatic carbocycles. The largest absolute Gasteiger partial charge is 0.464 e. The van der Waals surface area contributed by atoms with E-state index in [4.69, 9.17) is 21.4 Å². The van der Waals surface area contributed by atoms with Crippen molar-refractivity contribution in [3.8, 4) is 5.75 Å². The molecule has 2 aliphatic heterocycles. The van der Waals surface area contributed by atoms with Gasteiger partial charge in [-0.15, -0.1) is 0 Å². The second-order valence-corrected chi connectivity index (χ2v) is 9.26. The molecular formula is C26H18BrClN2O. The summed E-state index contributed by atoms with van der Waals surface area (Å²) in [6.45, 7) is 0. The zero-order valence-corrected chi connectivity index (χ0v) is 18.8. The lowest BCUT2D eigenvalue weighted by Crippen LogP contribution is -2.33. The molecule has 4 aromatic rings. The fourth-order valence-corrected chi connectivity index (χ4v) is 4.95. The molecule has 2 heterocycles. The van der Waals surface area contributed by atoms with Crippen molar-refractivity contribution in [2.75, 3.05) is 0 Å². The van der Waals surface area contributed by atoms with Crippen LogP contribution in [0.3, 0.4) is 0 Å². The second-order valence-electron chi connectivity index (χ2n) is 7.91. The van der Waals surface area contributed by atoms with Crippen molar-refractivity contribution in [3.05, 3.63) is 111 Å². The van der Waals surface area contributed by atoms with Crippen molar-refractivity contribution >= 4 is 44.0 Å². The van der Waals surface area contributed by atoms with Crippen molar-refractivity contribution in [1.82, 2.24) is 5.01 Å². The van der Waals surface area contributed by atoms with E-state index >= 15 is 0 Å². The Kier molecular flexibility index (Phi) is 4.51. The summed E-state index contributed by atoms with van der Waals surface area (Å²) in [6, 6.07) is 29.1. The molecule has 0 unspecified atom stereocenters. The van der Waals surface area contributed by atoms with Gasteiger partial charge in [0, 0.05) is 27.0 Å². The van der Waals surface area contributed by atoms with E-state index in [0.717, 1.165) is 39.0 Å². The van der Waals surface area contributed by atoms with Gasteiger partial charge in [0.2, 0.25) is 6.23 Å². The summed E-state index contributed by atoms with van der Waals surface area (Å²) < 4.78 is 7.48. The lowest BCUT2D eigenvalue weighted by atomic mass is 9.95. The summed E-state index contributed by atoms with van der Waals surface area (Å²) in [5, 5.41) is 10.3. The van der Waals surface area contributed by atoms with Crippen LogP contribution in [0.4, 0.5) is 0 Å². The highest BCUT2D eigenvalue weighted by molar-refractivity contribution is 9.10. The molecule has 0 bridgehead atoms. The summed E-state index contributed by atoms with van der Waals surface area (Å²) in [5.41, 5.74) is 4.41. The number of hydrogen-bond donors (Lipinski definition) is 0. The summed E-state index contributed by atoms with van der Waals surface area (Å²) >= 11 is 9.74. The number of ether oxygens (including phenoxy) is 1. The molecule has 5 heteroatoms. The molecule has 6 rings (SSSR count). The van der Waals surface area contributed by atoms with E-state index in [1.54, 1.807) is 0 Å². The minimum Gasteiger partial charge on any atom is -0.464 e. The fourth-order valence-electron chi connectivity index (χ4n) is 4.45. The van der Waals surface area contributed by atoms with Gasteiger partial charge >= 0.3 is 0 Å².